The molecule has 0 aliphatic heterocycles. The number of carbonyl (C=O) groups excluding carboxylic acids is 1. The molecule has 1 amide bonds. The predicted molar refractivity (Wildman–Crippen MR) is 45.5 cm³/mol. The van der Waals surface area contributed by atoms with Crippen molar-refractivity contribution >= 4 is 5.91 Å². The maximum atomic E-state index is 11.4. The van der Waals surface area contributed by atoms with Crippen molar-refractivity contribution in [2.45, 2.75) is 37.8 Å². The molecule has 1 aliphatic rings. The molecule has 4 heteroatoms. The van der Waals surface area contributed by atoms with Gasteiger partial charge in [0.25, 0.3) is 0 Å². The fourth-order valence-electron chi connectivity index (χ4n) is 1.20. The van der Waals surface area contributed by atoms with Gasteiger partial charge in [0.15, 0.2) is 0 Å². The molecular formula is C8H16N2O2. The van der Waals surface area contributed by atoms with Gasteiger partial charge in [-0.3, -0.25) is 4.79 Å². The summed E-state index contributed by atoms with van der Waals surface area (Å²) in [6, 6.07) is -0.196. The van der Waals surface area contributed by atoms with Crippen LogP contribution in [-0.4, -0.2) is 29.2 Å². The van der Waals surface area contributed by atoms with Crippen molar-refractivity contribution in [2.75, 3.05) is 6.61 Å². The van der Waals surface area contributed by atoms with Gasteiger partial charge in [-0.1, -0.05) is 0 Å². The molecule has 70 valence electrons. The molecule has 0 aromatic rings. The number of aliphatic hydroxyl groups excluding tert-OH is 1. The van der Waals surface area contributed by atoms with E-state index in [1.165, 1.54) is 0 Å². The zero-order valence-corrected chi connectivity index (χ0v) is 7.34. The molecule has 1 rings (SSSR count). The van der Waals surface area contributed by atoms with Crippen molar-refractivity contribution < 1.29 is 9.90 Å². The number of amides is 1. The number of hydrogen-bond acceptors (Lipinski definition) is 3. The second kappa shape index (κ2) is 3.41. The lowest BCUT2D eigenvalue weighted by Crippen LogP contribution is -2.60. The number of nitrogens with one attached hydrogen (secondary N) is 1. The third-order valence-corrected chi connectivity index (χ3v) is 2.35. The minimum Gasteiger partial charge on any atom is -0.394 e. The molecule has 4 N–H and O–H groups in total. The Morgan fingerprint density at radius 3 is 2.67 bits per heavy atom. The van der Waals surface area contributed by atoms with Gasteiger partial charge in [0.05, 0.1) is 12.1 Å². The van der Waals surface area contributed by atoms with E-state index in [0.29, 0.717) is 0 Å². The summed E-state index contributed by atoms with van der Waals surface area (Å²) in [5, 5.41) is 11.3. The Morgan fingerprint density at radius 1 is 1.75 bits per heavy atom. The first-order valence-corrected chi connectivity index (χ1v) is 4.29. The maximum absolute atomic E-state index is 11.4. The molecule has 0 unspecified atom stereocenters. The average molecular weight is 172 g/mol. The molecule has 0 saturated heterocycles. The highest BCUT2D eigenvalue weighted by Gasteiger charge is 2.40. The molecule has 1 fully saturated rings. The Balaban J connectivity index is 2.37. The summed E-state index contributed by atoms with van der Waals surface area (Å²) < 4.78 is 0. The van der Waals surface area contributed by atoms with Gasteiger partial charge in [-0.15, -0.1) is 0 Å². The van der Waals surface area contributed by atoms with Crippen LogP contribution in [0, 0.1) is 0 Å². The van der Waals surface area contributed by atoms with Crippen LogP contribution in [0.15, 0.2) is 0 Å². The van der Waals surface area contributed by atoms with Crippen molar-refractivity contribution in [2.24, 2.45) is 5.73 Å². The van der Waals surface area contributed by atoms with E-state index in [0.717, 1.165) is 19.3 Å². The van der Waals surface area contributed by atoms with E-state index < -0.39 is 5.54 Å². The highest BCUT2D eigenvalue weighted by molar-refractivity contribution is 5.87. The summed E-state index contributed by atoms with van der Waals surface area (Å²) in [5.74, 6) is -0.129. The number of carbonyl (C=O) groups is 1. The van der Waals surface area contributed by atoms with E-state index in [1.807, 2.05) is 0 Å². The van der Waals surface area contributed by atoms with Gasteiger partial charge in [-0.05, 0) is 26.2 Å². The molecule has 12 heavy (non-hydrogen) atoms. The minimum atomic E-state index is -0.649. The van der Waals surface area contributed by atoms with Crippen molar-refractivity contribution in [1.29, 1.82) is 0 Å². The lowest BCUT2D eigenvalue weighted by molar-refractivity contribution is -0.130. The zero-order chi connectivity index (χ0) is 9.19. The first kappa shape index (κ1) is 9.48. The Labute approximate surface area is 72.1 Å². The van der Waals surface area contributed by atoms with E-state index in [9.17, 15) is 4.79 Å². The van der Waals surface area contributed by atoms with Gasteiger partial charge < -0.3 is 16.2 Å². The van der Waals surface area contributed by atoms with E-state index >= 15 is 0 Å². The first-order valence-electron chi connectivity index (χ1n) is 4.29. The lowest BCUT2D eigenvalue weighted by atomic mass is 9.77. The predicted octanol–water partition coefficient (Wildman–Crippen LogP) is -0.635. The summed E-state index contributed by atoms with van der Waals surface area (Å²) in [4.78, 5) is 11.4. The Kier molecular flexibility index (Phi) is 2.69. The number of rotatable bonds is 3. The van der Waals surface area contributed by atoms with Crippen LogP contribution < -0.4 is 11.1 Å². The number of nitrogens with two attached hydrogens (primary N) is 1. The third-order valence-electron chi connectivity index (χ3n) is 2.35. The summed E-state index contributed by atoms with van der Waals surface area (Å²) in [7, 11) is 0. The van der Waals surface area contributed by atoms with Gasteiger partial charge in [0.1, 0.15) is 0 Å². The van der Waals surface area contributed by atoms with Crippen LogP contribution in [0.4, 0.5) is 0 Å². The molecule has 1 aliphatic carbocycles. The van der Waals surface area contributed by atoms with E-state index in [4.69, 9.17) is 10.8 Å². The van der Waals surface area contributed by atoms with Crippen LogP contribution in [-0.2, 0) is 4.79 Å². The average Bonchev–Trinajstić information content (AvgIpc) is 1.99. The summed E-state index contributed by atoms with van der Waals surface area (Å²) in [5.41, 5.74) is 5.11. The zero-order valence-electron chi connectivity index (χ0n) is 7.34. The molecule has 0 spiro atoms. The molecule has 0 bridgehead atoms. The lowest BCUT2D eigenvalue weighted by Gasteiger charge is -2.36. The fourth-order valence-corrected chi connectivity index (χ4v) is 1.20. The second-order valence-electron chi connectivity index (χ2n) is 3.57. The van der Waals surface area contributed by atoms with Crippen molar-refractivity contribution in [1.82, 2.24) is 5.32 Å². The molecule has 0 aromatic carbocycles. The molecule has 0 heterocycles. The quantitative estimate of drug-likeness (QED) is 0.530. The number of hydrogen-bond donors (Lipinski definition) is 3. The normalized spacial score (nSPS) is 22.6. The third kappa shape index (κ3) is 1.76. The molecule has 4 nitrogen and oxygen atoms in total. The highest BCUT2D eigenvalue weighted by Crippen LogP contribution is 2.29. The second-order valence-corrected chi connectivity index (χ2v) is 3.57. The van der Waals surface area contributed by atoms with Gasteiger partial charge in [-0.2, -0.15) is 0 Å². The maximum Gasteiger partial charge on any atom is 0.240 e. The van der Waals surface area contributed by atoms with Crippen molar-refractivity contribution in [3.05, 3.63) is 0 Å². The standard InChI is InChI=1S/C8H16N2O2/c1-6(5-11)10-7(12)8(9)3-2-4-8/h6,11H,2-5,9H2,1H3,(H,10,12)/t6-/m1/s1. The summed E-state index contributed by atoms with van der Waals surface area (Å²) >= 11 is 0. The van der Waals surface area contributed by atoms with Gasteiger partial charge in [0.2, 0.25) is 5.91 Å². The largest absolute Gasteiger partial charge is 0.394 e. The van der Waals surface area contributed by atoms with Gasteiger partial charge in [0, 0.05) is 6.04 Å². The molecule has 0 radical (unpaired) electrons. The fraction of sp³-hybridized carbons (Fsp3) is 0.875. The Morgan fingerprint density at radius 2 is 2.33 bits per heavy atom. The first-order chi connectivity index (χ1) is 5.58. The Bertz CT molecular complexity index is 178. The van der Waals surface area contributed by atoms with Crippen LogP contribution >= 0.6 is 0 Å². The molecule has 0 aromatic heterocycles. The van der Waals surface area contributed by atoms with Crippen LogP contribution in [0.2, 0.25) is 0 Å². The topological polar surface area (TPSA) is 75.3 Å². The minimum absolute atomic E-state index is 0.0399. The monoisotopic (exact) mass is 172 g/mol. The van der Waals surface area contributed by atoms with Crippen LogP contribution in [0.25, 0.3) is 0 Å². The molecule has 1 atom stereocenters. The number of aliphatic hydroxyl groups is 1. The Hall–Kier alpha value is -0.610. The smallest absolute Gasteiger partial charge is 0.240 e. The van der Waals surface area contributed by atoms with E-state index in [-0.39, 0.29) is 18.6 Å². The van der Waals surface area contributed by atoms with E-state index in [1.54, 1.807) is 6.92 Å². The van der Waals surface area contributed by atoms with Gasteiger partial charge >= 0.3 is 0 Å². The highest BCUT2D eigenvalue weighted by atomic mass is 16.3. The van der Waals surface area contributed by atoms with Crippen LogP contribution in [0.5, 0.6) is 0 Å². The summed E-state index contributed by atoms with van der Waals surface area (Å²) in [6.07, 6.45) is 2.55. The summed E-state index contributed by atoms with van der Waals surface area (Å²) in [6.45, 7) is 1.71. The van der Waals surface area contributed by atoms with Crippen LogP contribution in [0.3, 0.4) is 0 Å². The van der Waals surface area contributed by atoms with Crippen molar-refractivity contribution in [3.8, 4) is 0 Å². The van der Waals surface area contributed by atoms with Crippen LogP contribution in [0.1, 0.15) is 26.2 Å². The van der Waals surface area contributed by atoms with E-state index in [2.05, 4.69) is 5.32 Å². The van der Waals surface area contributed by atoms with Gasteiger partial charge in [-0.25, -0.2) is 0 Å². The molecule has 1 saturated carbocycles. The van der Waals surface area contributed by atoms with Crippen molar-refractivity contribution in [3.63, 3.8) is 0 Å². The SMILES string of the molecule is C[C@H](CO)NC(=O)C1(N)CCC1. The molecular weight excluding hydrogens is 156 g/mol.